The topological polar surface area (TPSA) is 60.2 Å². The Morgan fingerprint density at radius 1 is 1.33 bits per heavy atom. The quantitative estimate of drug-likeness (QED) is 0.873. The van der Waals surface area contributed by atoms with Crippen molar-refractivity contribution in [3.63, 3.8) is 0 Å². The molecule has 18 heavy (non-hydrogen) atoms. The summed E-state index contributed by atoms with van der Waals surface area (Å²) in [6.07, 6.45) is 0.720. The van der Waals surface area contributed by atoms with Gasteiger partial charge in [0.05, 0.1) is 12.7 Å². The van der Waals surface area contributed by atoms with E-state index >= 15 is 0 Å². The second-order valence-electron chi connectivity index (χ2n) is 4.06. The lowest BCUT2D eigenvalue weighted by atomic mass is 10.1. The Balaban J connectivity index is 2.30. The molecule has 0 saturated heterocycles. The Morgan fingerprint density at radius 2 is 2.17 bits per heavy atom. The maximum absolute atomic E-state index is 5.63. The van der Waals surface area contributed by atoms with Crippen LogP contribution in [0.25, 0.3) is 11.5 Å². The van der Waals surface area contributed by atoms with Crippen molar-refractivity contribution in [3.05, 3.63) is 29.7 Å². The van der Waals surface area contributed by atoms with E-state index in [1.807, 2.05) is 32.2 Å². The van der Waals surface area contributed by atoms with Crippen LogP contribution in [0.2, 0.25) is 0 Å². The van der Waals surface area contributed by atoms with Crippen molar-refractivity contribution in [2.75, 3.05) is 20.7 Å². The molecule has 0 aliphatic rings. The lowest BCUT2D eigenvalue weighted by molar-refractivity contribution is 0.413. The van der Waals surface area contributed by atoms with E-state index in [1.54, 1.807) is 7.11 Å². The molecule has 0 bridgehead atoms. The molecule has 2 rings (SSSR count). The van der Waals surface area contributed by atoms with Crippen LogP contribution in [-0.4, -0.2) is 30.9 Å². The van der Waals surface area contributed by atoms with E-state index in [9.17, 15) is 0 Å². The largest absolute Gasteiger partial charge is 0.496 e. The number of hydrogen-bond donors (Lipinski definition) is 1. The Labute approximate surface area is 106 Å². The number of nitrogens with one attached hydrogen (secondary N) is 1. The van der Waals surface area contributed by atoms with Crippen LogP contribution in [0.15, 0.2) is 22.6 Å². The van der Waals surface area contributed by atoms with E-state index in [0.29, 0.717) is 11.8 Å². The second-order valence-corrected chi connectivity index (χ2v) is 4.06. The van der Waals surface area contributed by atoms with E-state index in [-0.39, 0.29) is 0 Å². The number of methoxy groups -OCH3 is 1. The van der Waals surface area contributed by atoms with Crippen molar-refractivity contribution in [1.82, 2.24) is 15.5 Å². The number of aryl methyl sites for hydroxylation is 1. The molecule has 0 aliphatic heterocycles. The summed E-state index contributed by atoms with van der Waals surface area (Å²) in [4.78, 5) is 0. The molecule has 0 aliphatic carbocycles. The Morgan fingerprint density at radius 3 is 2.89 bits per heavy atom. The predicted molar refractivity (Wildman–Crippen MR) is 68.7 cm³/mol. The first-order chi connectivity index (χ1) is 8.74. The van der Waals surface area contributed by atoms with Crippen molar-refractivity contribution < 1.29 is 9.15 Å². The van der Waals surface area contributed by atoms with Gasteiger partial charge in [0, 0.05) is 13.0 Å². The average Bonchev–Trinajstić information content (AvgIpc) is 2.85. The van der Waals surface area contributed by atoms with Crippen molar-refractivity contribution in [2.45, 2.75) is 13.3 Å². The van der Waals surface area contributed by atoms with E-state index in [2.05, 4.69) is 15.5 Å². The molecule has 0 spiro atoms. The maximum Gasteiger partial charge on any atom is 0.251 e. The first-order valence-corrected chi connectivity index (χ1v) is 5.86. The van der Waals surface area contributed by atoms with Crippen LogP contribution >= 0.6 is 0 Å². The van der Waals surface area contributed by atoms with Gasteiger partial charge in [-0.1, -0.05) is 11.6 Å². The summed E-state index contributed by atoms with van der Waals surface area (Å²) in [5.41, 5.74) is 1.96. The van der Waals surface area contributed by atoms with Gasteiger partial charge in [-0.05, 0) is 26.1 Å². The highest BCUT2D eigenvalue weighted by Gasteiger charge is 2.13. The van der Waals surface area contributed by atoms with Gasteiger partial charge in [0.2, 0.25) is 5.89 Å². The van der Waals surface area contributed by atoms with E-state index in [0.717, 1.165) is 29.8 Å². The van der Waals surface area contributed by atoms with Crippen LogP contribution in [-0.2, 0) is 6.42 Å². The van der Waals surface area contributed by atoms with E-state index in [1.165, 1.54) is 0 Å². The van der Waals surface area contributed by atoms with Crippen LogP contribution in [0.3, 0.4) is 0 Å². The van der Waals surface area contributed by atoms with Crippen LogP contribution in [0.1, 0.15) is 11.5 Å². The van der Waals surface area contributed by atoms with E-state index in [4.69, 9.17) is 9.15 Å². The van der Waals surface area contributed by atoms with Gasteiger partial charge in [0.1, 0.15) is 5.75 Å². The zero-order valence-electron chi connectivity index (χ0n) is 10.9. The SMILES string of the molecule is CNCCc1nnc(-c2cc(C)ccc2OC)o1. The molecule has 96 valence electrons. The monoisotopic (exact) mass is 247 g/mol. The highest BCUT2D eigenvalue weighted by molar-refractivity contribution is 5.63. The van der Waals surface area contributed by atoms with Crippen molar-refractivity contribution in [1.29, 1.82) is 0 Å². The number of benzene rings is 1. The summed E-state index contributed by atoms with van der Waals surface area (Å²) in [6, 6.07) is 5.87. The minimum Gasteiger partial charge on any atom is -0.496 e. The van der Waals surface area contributed by atoms with Crippen molar-refractivity contribution in [2.24, 2.45) is 0 Å². The first-order valence-electron chi connectivity index (χ1n) is 5.86. The fourth-order valence-corrected chi connectivity index (χ4v) is 1.68. The summed E-state index contributed by atoms with van der Waals surface area (Å²) >= 11 is 0. The van der Waals surface area contributed by atoms with Gasteiger partial charge in [-0.25, -0.2) is 0 Å². The Bertz CT molecular complexity index is 523. The zero-order valence-corrected chi connectivity index (χ0v) is 10.9. The molecule has 1 heterocycles. The molecule has 0 unspecified atom stereocenters. The number of aromatic nitrogens is 2. The molecular formula is C13H17N3O2. The fraction of sp³-hybridized carbons (Fsp3) is 0.385. The molecule has 0 atom stereocenters. The molecule has 1 aromatic carbocycles. The first kappa shape index (κ1) is 12.6. The lowest BCUT2D eigenvalue weighted by Gasteiger charge is -2.05. The van der Waals surface area contributed by atoms with E-state index < -0.39 is 0 Å². The molecule has 0 fully saturated rings. The van der Waals surface area contributed by atoms with Crippen LogP contribution in [0.5, 0.6) is 5.75 Å². The van der Waals surface area contributed by atoms with Gasteiger partial charge in [0.15, 0.2) is 0 Å². The van der Waals surface area contributed by atoms with Crippen LogP contribution in [0, 0.1) is 6.92 Å². The molecule has 0 radical (unpaired) electrons. The fourth-order valence-electron chi connectivity index (χ4n) is 1.68. The van der Waals surface area contributed by atoms with Gasteiger partial charge in [0.25, 0.3) is 5.89 Å². The summed E-state index contributed by atoms with van der Waals surface area (Å²) in [5, 5.41) is 11.1. The van der Waals surface area contributed by atoms with Gasteiger partial charge >= 0.3 is 0 Å². The summed E-state index contributed by atoms with van der Waals surface area (Å²) in [5.74, 6) is 1.87. The minimum absolute atomic E-state index is 0.502. The predicted octanol–water partition coefficient (Wildman–Crippen LogP) is 1.82. The lowest BCUT2D eigenvalue weighted by Crippen LogP contribution is -2.10. The number of likely N-dealkylation sites (N-methyl/N-ethyl adjacent to an activating group) is 1. The Kier molecular flexibility index (Phi) is 3.94. The molecule has 0 saturated carbocycles. The smallest absolute Gasteiger partial charge is 0.251 e. The number of ether oxygens (including phenoxy) is 1. The van der Waals surface area contributed by atoms with Crippen LogP contribution in [0.4, 0.5) is 0 Å². The van der Waals surface area contributed by atoms with Crippen LogP contribution < -0.4 is 10.1 Å². The maximum atomic E-state index is 5.63. The third-order valence-corrected chi connectivity index (χ3v) is 2.64. The van der Waals surface area contributed by atoms with Gasteiger partial charge in [-0.3, -0.25) is 0 Å². The zero-order chi connectivity index (χ0) is 13.0. The Hall–Kier alpha value is -1.88. The summed E-state index contributed by atoms with van der Waals surface area (Å²) < 4.78 is 10.9. The van der Waals surface area contributed by atoms with Crippen molar-refractivity contribution >= 4 is 0 Å². The minimum atomic E-state index is 0.502. The molecule has 1 aromatic heterocycles. The number of hydrogen-bond acceptors (Lipinski definition) is 5. The van der Waals surface area contributed by atoms with Crippen molar-refractivity contribution in [3.8, 4) is 17.2 Å². The molecule has 2 aromatic rings. The number of rotatable bonds is 5. The van der Waals surface area contributed by atoms with Gasteiger partial charge < -0.3 is 14.5 Å². The second kappa shape index (κ2) is 5.64. The third-order valence-electron chi connectivity index (χ3n) is 2.64. The number of nitrogens with zero attached hydrogens (tertiary/aromatic N) is 2. The molecule has 1 N–H and O–H groups in total. The van der Waals surface area contributed by atoms with Gasteiger partial charge in [-0.15, -0.1) is 10.2 Å². The summed E-state index contributed by atoms with van der Waals surface area (Å²) in [7, 11) is 3.52. The van der Waals surface area contributed by atoms with Gasteiger partial charge in [-0.2, -0.15) is 0 Å². The molecular weight excluding hydrogens is 230 g/mol. The third kappa shape index (κ3) is 2.68. The normalized spacial score (nSPS) is 10.6. The average molecular weight is 247 g/mol. The standard InChI is InChI=1S/C13H17N3O2/c1-9-4-5-11(17-3)10(8-9)13-16-15-12(18-13)6-7-14-2/h4-5,8,14H,6-7H2,1-3H3. The molecule has 5 nitrogen and oxygen atoms in total. The summed E-state index contributed by atoms with van der Waals surface area (Å²) in [6.45, 7) is 2.83. The molecule has 0 amide bonds. The highest BCUT2D eigenvalue weighted by Crippen LogP contribution is 2.29. The highest BCUT2D eigenvalue weighted by atomic mass is 16.5. The molecule has 5 heteroatoms.